The van der Waals surface area contributed by atoms with Crippen molar-refractivity contribution >= 4 is 41.7 Å². The highest BCUT2D eigenvalue weighted by Gasteiger charge is 2.36. The van der Waals surface area contributed by atoms with Crippen molar-refractivity contribution in [2.75, 3.05) is 63.4 Å². The largest absolute Gasteiger partial charge is 0.698 e. The molecule has 6 heterocycles. The molecule has 0 aliphatic carbocycles. The van der Waals surface area contributed by atoms with E-state index in [9.17, 15) is 4.57 Å². The van der Waals surface area contributed by atoms with Gasteiger partial charge in [0.25, 0.3) is 0 Å². The number of aromatic amines is 2. The lowest BCUT2D eigenvalue weighted by Gasteiger charge is -2.34. The number of ether oxygens (including phenoxy) is 4. The molecule has 22 heteroatoms. The molecule has 2 aromatic carbocycles. The summed E-state index contributed by atoms with van der Waals surface area (Å²) < 4.78 is 49.2. The second-order valence-electron chi connectivity index (χ2n) is 14.8. The smallest absolute Gasteiger partial charge is 0.494 e. The van der Waals surface area contributed by atoms with Gasteiger partial charge < -0.3 is 28.7 Å². The van der Waals surface area contributed by atoms with Crippen LogP contribution in [0.2, 0.25) is 0 Å². The van der Waals surface area contributed by atoms with Gasteiger partial charge in [-0.1, -0.05) is 22.6 Å². The molecule has 0 saturated carbocycles. The number of piperidine rings is 2. The molecule has 60 heavy (non-hydrogen) atoms. The average molecular weight is 844 g/mol. The number of hydrogen-bond donors (Lipinski definition) is 2. The Balaban J connectivity index is 0.896. The number of methoxy groups -OCH3 is 2. The molecule has 0 spiro atoms. The van der Waals surface area contributed by atoms with Crippen LogP contribution >= 0.6 is 8.25 Å². The molecule has 2 N–H and O–H groups in total. The van der Waals surface area contributed by atoms with Gasteiger partial charge in [0, 0.05) is 41.5 Å². The number of para-hydroxylation sites is 2. The van der Waals surface area contributed by atoms with Crippen LogP contribution in [0.15, 0.2) is 49.1 Å². The maximum absolute atomic E-state index is 13.8. The van der Waals surface area contributed by atoms with Crippen LogP contribution in [0.25, 0.3) is 21.8 Å². The van der Waals surface area contributed by atoms with Crippen molar-refractivity contribution in [1.82, 2.24) is 61.2 Å². The van der Waals surface area contributed by atoms with E-state index in [4.69, 9.17) is 28.0 Å². The fraction of sp³-hybridized carbons (Fsp3) is 0.526. The molecule has 316 valence electrons. The zero-order valence-corrected chi connectivity index (χ0v) is 34.4. The first-order valence-corrected chi connectivity index (χ1v) is 21.1. The molecule has 2 saturated heterocycles. The van der Waals surface area contributed by atoms with Gasteiger partial charge in [0.15, 0.2) is 11.6 Å². The highest BCUT2D eigenvalue weighted by atomic mass is 31.1. The summed E-state index contributed by atoms with van der Waals surface area (Å²) in [5.41, 5.74) is 1.56. The lowest BCUT2D eigenvalue weighted by Crippen LogP contribution is -2.36. The summed E-state index contributed by atoms with van der Waals surface area (Å²) in [4.78, 5) is 22.8. The minimum atomic E-state index is -2.56. The number of hydrogen-bond acceptors (Lipinski definition) is 19. The third-order valence-corrected chi connectivity index (χ3v) is 11.9. The number of tetrazole rings is 2. The Morgan fingerprint density at radius 2 is 1.12 bits per heavy atom. The number of nitrogens with zero attached hydrogens (tertiary/aromatic N) is 12. The molecule has 4 aromatic heterocycles. The monoisotopic (exact) mass is 843 g/mol. The Kier molecular flexibility index (Phi) is 13.8. The zero-order valence-electron chi connectivity index (χ0n) is 33.5. The van der Waals surface area contributed by atoms with E-state index in [0.29, 0.717) is 36.0 Å². The van der Waals surface area contributed by atoms with Crippen LogP contribution in [0.3, 0.4) is 0 Å². The van der Waals surface area contributed by atoms with Crippen molar-refractivity contribution in [3.63, 3.8) is 0 Å². The molecular formula is C38H48N14O7P+. The Morgan fingerprint density at radius 1 is 0.667 bits per heavy atom. The quantitative estimate of drug-likeness (QED) is 0.101. The average Bonchev–Trinajstić information content (AvgIpc) is 4.01. The number of fused-ring (bicyclic) bond motifs is 2. The number of nitrogens with one attached hydrogen (secondary N) is 2. The summed E-state index contributed by atoms with van der Waals surface area (Å²) in [6, 6.07) is 11.7. The van der Waals surface area contributed by atoms with Gasteiger partial charge in [-0.2, -0.15) is 10.4 Å². The zero-order chi connectivity index (χ0) is 41.1. The van der Waals surface area contributed by atoms with E-state index in [2.05, 4.69) is 71.0 Å². The topological polar surface area (TPSA) is 239 Å². The summed E-state index contributed by atoms with van der Waals surface area (Å²) >= 11 is 0. The van der Waals surface area contributed by atoms with E-state index in [1.54, 1.807) is 26.9 Å². The molecule has 6 aromatic rings. The molecular weight excluding hydrogens is 795 g/mol. The van der Waals surface area contributed by atoms with Crippen molar-refractivity contribution in [1.29, 1.82) is 0 Å². The van der Waals surface area contributed by atoms with Crippen LogP contribution in [-0.4, -0.2) is 127 Å². The second-order valence-corrected chi connectivity index (χ2v) is 15.7. The molecule has 0 amide bonds. The third-order valence-electron chi connectivity index (χ3n) is 11.0. The Morgan fingerprint density at radius 3 is 1.52 bits per heavy atom. The highest BCUT2D eigenvalue weighted by molar-refractivity contribution is 7.33. The number of rotatable bonds is 20. The van der Waals surface area contributed by atoms with Crippen molar-refractivity contribution < 1.29 is 32.6 Å². The van der Waals surface area contributed by atoms with Crippen molar-refractivity contribution in [3.8, 4) is 11.5 Å². The van der Waals surface area contributed by atoms with E-state index >= 15 is 0 Å². The van der Waals surface area contributed by atoms with Gasteiger partial charge in [0.2, 0.25) is 0 Å². The maximum atomic E-state index is 13.8. The summed E-state index contributed by atoms with van der Waals surface area (Å²) in [5, 5.41) is 29.9. The molecule has 2 fully saturated rings. The first-order valence-electron chi connectivity index (χ1n) is 20.0. The van der Waals surface area contributed by atoms with Crippen molar-refractivity contribution in [3.05, 3.63) is 60.7 Å². The van der Waals surface area contributed by atoms with Gasteiger partial charge in [-0.25, -0.2) is 19.9 Å². The van der Waals surface area contributed by atoms with Gasteiger partial charge in [0.1, 0.15) is 72.2 Å². The van der Waals surface area contributed by atoms with Crippen molar-refractivity contribution in [2.24, 2.45) is 11.8 Å². The van der Waals surface area contributed by atoms with Crippen LogP contribution in [0.5, 0.6) is 11.5 Å². The molecule has 0 bridgehead atoms. The Hall–Kier alpha value is -5.60. The fourth-order valence-corrected chi connectivity index (χ4v) is 8.86. The van der Waals surface area contributed by atoms with E-state index in [1.807, 2.05) is 36.4 Å². The molecule has 0 radical (unpaired) electrons. The SMILES string of the molecule is COc1cccc2c(N3CCC(CC(COCc4nn[nH]n4)O[P+](=O)OC(COCc4nn[nH]n4)CC4CCN(c5ncnc6c(OC)cccc56)CC4)CC3)ncnc12. The summed E-state index contributed by atoms with van der Waals surface area (Å²) in [5.74, 6) is 4.56. The number of aromatic nitrogens is 12. The third kappa shape index (κ3) is 10.2. The normalized spacial score (nSPS) is 16.7. The minimum absolute atomic E-state index is 0.125. The van der Waals surface area contributed by atoms with E-state index in [-0.39, 0.29) is 38.3 Å². The number of anilines is 2. The Labute approximate surface area is 346 Å². The lowest BCUT2D eigenvalue weighted by molar-refractivity contribution is -0.00189. The molecule has 8 rings (SSSR count). The van der Waals surface area contributed by atoms with Gasteiger partial charge >= 0.3 is 8.25 Å². The fourth-order valence-electron chi connectivity index (χ4n) is 8.03. The number of benzene rings is 2. The van der Waals surface area contributed by atoms with Gasteiger partial charge in [-0.15, -0.1) is 29.4 Å². The van der Waals surface area contributed by atoms with E-state index < -0.39 is 20.5 Å². The number of H-pyrrole nitrogens is 2. The van der Waals surface area contributed by atoms with Crippen LogP contribution < -0.4 is 19.3 Å². The van der Waals surface area contributed by atoms with Gasteiger partial charge in [-0.3, -0.25) is 0 Å². The van der Waals surface area contributed by atoms with Gasteiger partial charge in [-0.05, 0) is 74.6 Å². The van der Waals surface area contributed by atoms with Crippen LogP contribution in [0.4, 0.5) is 11.6 Å². The molecule has 2 unspecified atom stereocenters. The molecule has 21 nitrogen and oxygen atoms in total. The van der Waals surface area contributed by atoms with Crippen LogP contribution in [-0.2, 0) is 36.3 Å². The molecule has 2 aliphatic heterocycles. The highest BCUT2D eigenvalue weighted by Crippen LogP contribution is 2.38. The first kappa shape index (κ1) is 41.1. The Bertz CT molecular complexity index is 2120. The van der Waals surface area contributed by atoms with Crippen LogP contribution in [0.1, 0.15) is 50.2 Å². The predicted molar refractivity (Wildman–Crippen MR) is 216 cm³/mol. The second kappa shape index (κ2) is 20.1. The minimum Gasteiger partial charge on any atom is -0.494 e. The summed E-state index contributed by atoms with van der Waals surface area (Å²) in [6.45, 7) is 3.72. The summed E-state index contributed by atoms with van der Waals surface area (Å²) in [7, 11) is 0.722. The predicted octanol–water partition coefficient (Wildman–Crippen LogP) is 4.39. The molecule has 2 aliphatic rings. The van der Waals surface area contributed by atoms with Gasteiger partial charge in [0.05, 0.1) is 27.4 Å². The van der Waals surface area contributed by atoms with E-state index in [1.165, 1.54) is 0 Å². The first-order chi connectivity index (χ1) is 29.5. The molecule has 2 atom stereocenters. The summed E-state index contributed by atoms with van der Waals surface area (Å²) in [6.07, 6.45) is 6.86. The van der Waals surface area contributed by atoms with Crippen molar-refractivity contribution in [2.45, 2.75) is 63.9 Å². The van der Waals surface area contributed by atoms with E-state index in [0.717, 1.165) is 85.3 Å². The lowest BCUT2D eigenvalue weighted by atomic mass is 9.91. The maximum Gasteiger partial charge on any atom is 0.698 e. The standard InChI is InChI=1S/C38H48N14O7P/c1-54-31-7-3-5-29-35(31)39-23-41-37(29)51-13-9-25(10-14-51)17-27(19-56-21-33-43-47-48-44-33)58-60(53)59-28(20-57-22-34-45-49-50-46-34)18-26-11-15-52(16-12-26)38-30-6-4-8-32(55-2)36(30)40-24-42-38/h3-8,23-28H,9-22H2,1-2H3,(H,43,44,47,48)(H,45,46,49,50)/q+1. The van der Waals surface area contributed by atoms with Crippen LogP contribution in [0, 0.1) is 11.8 Å².